The third-order valence-electron chi connectivity index (χ3n) is 6.85. The lowest BCUT2D eigenvalue weighted by Crippen LogP contribution is -2.44. The number of anilines is 2. The van der Waals surface area contributed by atoms with Crippen molar-refractivity contribution in [2.75, 3.05) is 38.3 Å². The van der Waals surface area contributed by atoms with Crippen molar-refractivity contribution in [2.45, 2.75) is 12.8 Å². The highest BCUT2D eigenvalue weighted by Gasteiger charge is 2.58. The molecule has 1 aliphatic carbocycles. The molecule has 1 aliphatic rings. The molecule has 1 aromatic heterocycles. The van der Waals surface area contributed by atoms with E-state index in [9.17, 15) is 14.0 Å². The van der Waals surface area contributed by atoms with E-state index in [1.807, 2.05) is 0 Å². The second-order valence-corrected chi connectivity index (χ2v) is 9.44. The Morgan fingerprint density at radius 3 is 2.24 bits per heavy atom. The van der Waals surface area contributed by atoms with Gasteiger partial charge < -0.3 is 24.3 Å². The Morgan fingerprint density at radius 1 is 0.902 bits per heavy atom. The first-order valence-corrected chi connectivity index (χ1v) is 12.7. The number of amides is 2. The molecule has 3 aromatic carbocycles. The summed E-state index contributed by atoms with van der Waals surface area (Å²) in [7, 11) is 4.43. The molecule has 1 saturated carbocycles. The molecule has 0 unspecified atom stereocenters. The first-order chi connectivity index (χ1) is 19.8. The first kappa shape index (κ1) is 27.8. The number of hydrogen-bond donors (Lipinski definition) is 1. The average molecular weight is 564 g/mol. The number of carbonyl (C=O) groups is 2. The monoisotopic (exact) mass is 563 g/mol. The molecule has 0 radical (unpaired) electrons. The van der Waals surface area contributed by atoms with Gasteiger partial charge in [-0.1, -0.05) is 0 Å². The summed E-state index contributed by atoms with van der Waals surface area (Å²) in [4.78, 5) is 32.3. The van der Waals surface area contributed by atoms with Gasteiger partial charge in [0.1, 0.15) is 23.7 Å². The highest BCUT2D eigenvalue weighted by atomic mass is 19.1. The van der Waals surface area contributed by atoms with Crippen LogP contribution in [0.15, 0.2) is 66.9 Å². The summed E-state index contributed by atoms with van der Waals surface area (Å²) in [6.07, 6.45) is 2.15. The third-order valence-corrected chi connectivity index (χ3v) is 6.85. The second-order valence-electron chi connectivity index (χ2n) is 9.44. The van der Waals surface area contributed by atoms with E-state index in [4.69, 9.17) is 18.9 Å². The van der Waals surface area contributed by atoms with Crippen LogP contribution in [0, 0.1) is 17.0 Å². The van der Waals surface area contributed by atoms with Crippen LogP contribution in [0.3, 0.4) is 0 Å². The van der Waals surface area contributed by atoms with Crippen LogP contribution in [0.4, 0.5) is 20.2 Å². The van der Waals surface area contributed by atoms with Gasteiger partial charge in [-0.05, 0) is 61.4 Å². The number of methoxy groups -OCH3 is 3. The third kappa shape index (κ3) is 5.48. The van der Waals surface area contributed by atoms with Gasteiger partial charge in [-0.3, -0.25) is 19.5 Å². The molecular weight excluding hydrogens is 536 g/mol. The van der Waals surface area contributed by atoms with Crippen LogP contribution in [-0.4, -0.2) is 44.9 Å². The lowest BCUT2D eigenvalue weighted by Gasteiger charge is -2.26. The van der Waals surface area contributed by atoms with Crippen molar-refractivity contribution in [3.05, 3.63) is 78.5 Å². The van der Waals surface area contributed by atoms with Gasteiger partial charge in [0, 0.05) is 42.2 Å². The number of fused-ring (bicyclic) bond motifs is 1. The van der Waals surface area contributed by atoms with Crippen LogP contribution in [0.1, 0.15) is 12.8 Å². The Morgan fingerprint density at radius 2 is 1.61 bits per heavy atom. The molecule has 1 N–H and O–H groups in total. The summed E-state index contributed by atoms with van der Waals surface area (Å²) in [5.41, 5.74) is -0.226. The molecule has 0 saturated heterocycles. The minimum absolute atomic E-state index is 0.0786. The molecule has 9 nitrogen and oxygen atoms in total. The number of nitrogens with one attached hydrogen (secondary N) is 1. The molecule has 0 atom stereocenters. The number of pyridine rings is 1. The molecule has 0 bridgehead atoms. The lowest BCUT2D eigenvalue weighted by molar-refractivity contribution is -0.133. The van der Waals surface area contributed by atoms with Gasteiger partial charge in [0.2, 0.25) is 11.8 Å². The topological polar surface area (TPSA) is 99.2 Å². The van der Waals surface area contributed by atoms with Crippen molar-refractivity contribution in [3.63, 3.8) is 0 Å². The molecule has 1 heterocycles. The molecule has 5 rings (SSSR count). The first-order valence-electron chi connectivity index (χ1n) is 12.7. The quantitative estimate of drug-likeness (QED) is 0.196. The highest BCUT2D eigenvalue weighted by molar-refractivity contribution is 6.17. The van der Waals surface area contributed by atoms with Gasteiger partial charge in [-0.25, -0.2) is 8.78 Å². The van der Waals surface area contributed by atoms with Gasteiger partial charge in [0.05, 0.1) is 19.7 Å². The summed E-state index contributed by atoms with van der Waals surface area (Å²) in [6.45, 7) is -0.123. The smallest absolute Gasteiger partial charge is 0.244 e. The zero-order chi connectivity index (χ0) is 29.1. The van der Waals surface area contributed by atoms with Crippen molar-refractivity contribution < 1.29 is 37.3 Å². The molecule has 41 heavy (non-hydrogen) atoms. The zero-order valence-corrected chi connectivity index (χ0v) is 22.6. The number of aromatic nitrogens is 1. The summed E-state index contributed by atoms with van der Waals surface area (Å²) < 4.78 is 50.3. The molecule has 2 amide bonds. The standard InChI is InChI=1S/C30H27F2N3O6/c1-38-17-35(20-7-4-18(31)5-8-20)29(37)30(11-12-30)28(36)34-19-6-9-25(22(32)14-19)41-24-10-13-33-23-16-27(40-3)26(39-2)15-21(23)24/h4-10,13-16H,11-12,17H2,1-3H3,(H,34,36). The van der Waals surface area contributed by atoms with E-state index >= 15 is 4.39 Å². The lowest BCUT2D eigenvalue weighted by atomic mass is 10.0. The number of rotatable bonds is 10. The van der Waals surface area contributed by atoms with Gasteiger partial charge >= 0.3 is 0 Å². The summed E-state index contributed by atoms with van der Waals surface area (Å²) in [5, 5.41) is 3.23. The van der Waals surface area contributed by atoms with E-state index in [1.165, 1.54) is 68.8 Å². The molecule has 0 spiro atoms. The fraction of sp³-hybridized carbons (Fsp3) is 0.233. The maximum absolute atomic E-state index is 15.1. The van der Waals surface area contributed by atoms with Crippen molar-refractivity contribution in [2.24, 2.45) is 5.41 Å². The number of carbonyl (C=O) groups excluding carboxylic acids is 2. The van der Waals surface area contributed by atoms with Crippen molar-refractivity contribution >= 4 is 34.1 Å². The van der Waals surface area contributed by atoms with Crippen LogP contribution >= 0.6 is 0 Å². The van der Waals surface area contributed by atoms with E-state index in [0.717, 1.165) is 6.07 Å². The summed E-state index contributed by atoms with van der Waals surface area (Å²) in [5.74, 6) is -1.02. The summed E-state index contributed by atoms with van der Waals surface area (Å²) >= 11 is 0. The van der Waals surface area contributed by atoms with Gasteiger partial charge in [0.15, 0.2) is 23.1 Å². The van der Waals surface area contributed by atoms with Crippen LogP contribution in [0.5, 0.6) is 23.0 Å². The number of halogens is 2. The van der Waals surface area contributed by atoms with Crippen LogP contribution in [0.25, 0.3) is 10.9 Å². The number of nitrogens with zero attached hydrogens (tertiary/aromatic N) is 2. The molecule has 212 valence electrons. The van der Waals surface area contributed by atoms with Crippen molar-refractivity contribution in [3.8, 4) is 23.0 Å². The fourth-order valence-electron chi connectivity index (χ4n) is 4.49. The zero-order valence-electron chi connectivity index (χ0n) is 22.6. The highest BCUT2D eigenvalue weighted by Crippen LogP contribution is 2.49. The molecule has 0 aliphatic heterocycles. The normalized spacial score (nSPS) is 13.4. The minimum Gasteiger partial charge on any atom is -0.493 e. The summed E-state index contributed by atoms with van der Waals surface area (Å²) in [6, 6.07) is 14.3. The fourth-order valence-corrected chi connectivity index (χ4v) is 4.49. The van der Waals surface area contributed by atoms with Gasteiger partial charge in [0.25, 0.3) is 0 Å². The molecule has 11 heteroatoms. The van der Waals surface area contributed by atoms with E-state index < -0.39 is 28.9 Å². The van der Waals surface area contributed by atoms with E-state index in [1.54, 1.807) is 18.2 Å². The van der Waals surface area contributed by atoms with Crippen LogP contribution in [0.2, 0.25) is 0 Å². The SMILES string of the molecule is COCN(C(=O)C1(C(=O)Nc2ccc(Oc3ccnc4cc(OC)c(OC)cc34)c(F)c2)CC1)c1ccc(F)cc1. The Balaban J connectivity index is 1.34. The Hall–Kier alpha value is -4.77. The number of benzene rings is 3. The largest absolute Gasteiger partial charge is 0.493 e. The Kier molecular flexibility index (Phi) is 7.71. The molecule has 4 aromatic rings. The average Bonchev–Trinajstić information content (AvgIpc) is 3.79. The predicted octanol–water partition coefficient (Wildman–Crippen LogP) is 5.68. The van der Waals surface area contributed by atoms with E-state index in [0.29, 0.717) is 46.7 Å². The van der Waals surface area contributed by atoms with Gasteiger partial charge in [-0.2, -0.15) is 0 Å². The maximum atomic E-state index is 15.1. The van der Waals surface area contributed by atoms with Crippen molar-refractivity contribution in [1.29, 1.82) is 0 Å². The van der Waals surface area contributed by atoms with E-state index in [2.05, 4.69) is 10.3 Å². The molecular formula is C30H27F2N3O6. The van der Waals surface area contributed by atoms with Crippen LogP contribution < -0.4 is 24.4 Å². The predicted molar refractivity (Wildman–Crippen MR) is 147 cm³/mol. The number of hydrogen-bond acceptors (Lipinski definition) is 7. The maximum Gasteiger partial charge on any atom is 0.244 e. The minimum atomic E-state index is -1.34. The van der Waals surface area contributed by atoms with Crippen LogP contribution in [-0.2, 0) is 14.3 Å². The molecule has 1 fully saturated rings. The Bertz CT molecular complexity index is 1610. The second kappa shape index (κ2) is 11.4. The van der Waals surface area contributed by atoms with E-state index in [-0.39, 0.29) is 18.2 Å². The number of ether oxygens (including phenoxy) is 4. The Labute approximate surface area is 234 Å². The van der Waals surface area contributed by atoms with Gasteiger partial charge in [-0.15, -0.1) is 0 Å². The van der Waals surface area contributed by atoms with Crippen molar-refractivity contribution in [1.82, 2.24) is 4.98 Å².